The number of carbonyl (C=O) groups excluding carboxylic acids is 3. The molecule has 0 radical (unpaired) electrons. The van der Waals surface area contributed by atoms with Gasteiger partial charge in [-0.1, -0.05) is 35.3 Å². The van der Waals surface area contributed by atoms with E-state index in [4.69, 9.17) is 43.6 Å². The Labute approximate surface area is 199 Å². The van der Waals surface area contributed by atoms with Gasteiger partial charge >= 0.3 is 6.09 Å². The van der Waals surface area contributed by atoms with Crippen LogP contribution >= 0.6 is 23.2 Å². The highest BCUT2D eigenvalue weighted by molar-refractivity contribution is 6.32. The number of nitrogens with zero attached hydrogens (tertiary/aromatic N) is 2. The second kappa shape index (κ2) is 10.2. The first kappa shape index (κ1) is 24.6. The number of ether oxygens (including phenoxy) is 2. The first-order valence-corrected chi connectivity index (χ1v) is 10.7. The van der Waals surface area contributed by atoms with E-state index >= 15 is 0 Å². The number of primary amides is 1. The first-order valence-electron chi connectivity index (χ1n) is 9.95. The third-order valence-electron chi connectivity index (χ3n) is 5.35. The van der Waals surface area contributed by atoms with Crippen LogP contribution in [0.1, 0.15) is 24.5 Å². The Morgan fingerprint density at radius 3 is 2.48 bits per heavy atom. The number of halogens is 2. The second-order valence-electron chi connectivity index (χ2n) is 7.39. The minimum atomic E-state index is -1.68. The number of aromatic nitrogens is 1. The minimum absolute atomic E-state index is 0.0849. The third kappa shape index (κ3) is 5.47. The van der Waals surface area contributed by atoms with Gasteiger partial charge in [-0.15, -0.1) is 0 Å². The van der Waals surface area contributed by atoms with Crippen LogP contribution in [0.5, 0.6) is 5.75 Å². The topological polar surface area (TPSA) is 144 Å². The number of hydroxylamine groups is 1. The monoisotopic (exact) mass is 496 g/mol. The normalized spacial score (nSPS) is 18.7. The van der Waals surface area contributed by atoms with E-state index in [0.717, 1.165) is 5.56 Å². The van der Waals surface area contributed by atoms with Crippen LogP contribution < -0.4 is 16.0 Å². The molecule has 3 rings (SSSR count). The van der Waals surface area contributed by atoms with Crippen molar-refractivity contribution in [1.82, 2.24) is 15.4 Å². The van der Waals surface area contributed by atoms with Crippen molar-refractivity contribution in [1.29, 1.82) is 0 Å². The SMILES string of the molecule is CC(C(=O)NO)N1CCC(OC(N)=O)(c2ccc(OCCc3cc(Cl)nc(Cl)c3)cc2)C1=O. The van der Waals surface area contributed by atoms with E-state index < -0.39 is 29.6 Å². The molecular formula is C21H22Cl2N4O6. The van der Waals surface area contributed by atoms with Crippen LogP contribution in [0.4, 0.5) is 4.79 Å². The molecule has 1 aromatic heterocycles. The molecule has 10 nitrogen and oxygen atoms in total. The molecule has 0 spiro atoms. The number of carbonyl (C=O) groups is 3. The fourth-order valence-corrected chi connectivity index (χ4v) is 4.19. The molecule has 3 amide bonds. The molecule has 33 heavy (non-hydrogen) atoms. The van der Waals surface area contributed by atoms with Crippen molar-refractivity contribution in [2.45, 2.75) is 31.4 Å². The molecule has 1 aromatic carbocycles. The van der Waals surface area contributed by atoms with Gasteiger partial charge in [-0.2, -0.15) is 0 Å². The Hall–Kier alpha value is -3.08. The van der Waals surface area contributed by atoms with Crippen molar-refractivity contribution in [2.75, 3.05) is 13.2 Å². The average Bonchev–Trinajstić information content (AvgIpc) is 3.08. The van der Waals surface area contributed by atoms with Crippen molar-refractivity contribution < 1.29 is 29.1 Å². The van der Waals surface area contributed by atoms with E-state index in [-0.39, 0.29) is 13.0 Å². The number of nitrogens with two attached hydrogens (primary N) is 1. The van der Waals surface area contributed by atoms with Crippen molar-refractivity contribution in [3.63, 3.8) is 0 Å². The van der Waals surface area contributed by atoms with Crippen LogP contribution in [-0.4, -0.2) is 52.2 Å². The van der Waals surface area contributed by atoms with Gasteiger partial charge < -0.3 is 20.1 Å². The van der Waals surface area contributed by atoms with Crippen LogP contribution in [-0.2, 0) is 26.3 Å². The van der Waals surface area contributed by atoms with Gasteiger partial charge in [0.05, 0.1) is 6.61 Å². The summed E-state index contributed by atoms with van der Waals surface area (Å²) in [4.78, 5) is 41.6. The summed E-state index contributed by atoms with van der Waals surface area (Å²) >= 11 is 11.8. The fourth-order valence-electron chi connectivity index (χ4n) is 3.68. The van der Waals surface area contributed by atoms with E-state index in [0.29, 0.717) is 34.6 Å². The number of hydrogen-bond acceptors (Lipinski definition) is 7. The Bertz CT molecular complexity index is 1030. The number of benzene rings is 1. The summed E-state index contributed by atoms with van der Waals surface area (Å²) in [5, 5.41) is 9.46. The molecule has 1 fully saturated rings. The third-order valence-corrected chi connectivity index (χ3v) is 5.73. The zero-order valence-corrected chi connectivity index (χ0v) is 19.1. The number of rotatable bonds is 8. The van der Waals surface area contributed by atoms with Crippen molar-refractivity contribution in [3.8, 4) is 5.75 Å². The van der Waals surface area contributed by atoms with Gasteiger partial charge in [0.25, 0.3) is 11.8 Å². The smallest absolute Gasteiger partial charge is 0.405 e. The van der Waals surface area contributed by atoms with E-state index in [1.807, 2.05) is 0 Å². The highest BCUT2D eigenvalue weighted by atomic mass is 35.5. The predicted octanol–water partition coefficient (Wildman–Crippen LogP) is 2.43. The molecule has 1 saturated heterocycles. The summed E-state index contributed by atoms with van der Waals surface area (Å²) in [7, 11) is 0. The molecule has 2 aromatic rings. The molecule has 2 heterocycles. The lowest BCUT2D eigenvalue weighted by atomic mass is 9.91. The average molecular weight is 497 g/mol. The second-order valence-corrected chi connectivity index (χ2v) is 8.17. The number of pyridine rings is 1. The number of hydrogen-bond donors (Lipinski definition) is 3. The molecule has 2 unspecified atom stereocenters. The Morgan fingerprint density at radius 1 is 1.27 bits per heavy atom. The summed E-state index contributed by atoms with van der Waals surface area (Å²) in [5.74, 6) is -0.856. The molecule has 4 N–H and O–H groups in total. The van der Waals surface area contributed by atoms with Gasteiger partial charge in [-0.3, -0.25) is 14.8 Å². The molecule has 0 aliphatic carbocycles. The minimum Gasteiger partial charge on any atom is -0.493 e. The Kier molecular flexibility index (Phi) is 7.62. The zero-order valence-electron chi connectivity index (χ0n) is 17.6. The molecule has 2 atom stereocenters. The molecule has 0 saturated carbocycles. The fraction of sp³-hybridized carbons (Fsp3) is 0.333. The highest BCUT2D eigenvalue weighted by Gasteiger charge is 2.53. The van der Waals surface area contributed by atoms with Crippen LogP contribution in [0.15, 0.2) is 36.4 Å². The maximum absolute atomic E-state index is 13.2. The summed E-state index contributed by atoms with van der Waals surface area (Å²) in [6.45, 7) is 1.90. The lowest BCUT2D eigenvalue weighted by Gasteiger charge is -2.29. The van der Waals surface area contributed by atoms with Gasteiger partial charge in [0.1, 0.15) is 22.1 Å². The highest BCUT2D eigenvalue weighted by Crippen LogP contribution is 2.38. The van der Waals surface area contributed by atoms with Crippen LogP contribution in [0.2, 0.25) is 10.3 Å². The van der Waals surface area contributed by atoms with Crippen molar-refractivity contribution in [2.24, 2.45) is 5.73 Å². The van der Waals surface area contributed by atoms with E-state index in [1.165, 1.54) is 17.3 Å². The molecule has 1 aliphatic rings. The first-order chi connectivity index (χ1) is 15.7. The summed E-state index contributed by atoms with van der Waals surface area (Å²) in [6.07, 6.45) is -0.502. The van der Waals surface area contributed by atoms with E-state index in [1.54, 1.807) is 36.4 Å². The largest absolute Gasteiger partial charge is 0.493 e. The molecule has 12 heteroatoms. The quantitative estimate of drug-likeness (QED) is 0.289. The van der Waals surface area contributed by atoms with Crippen LogP contribution in [0.3, 0.4) is 0 Å². The maximum Gasteiger partial charge on any atom is 0.405 e. The van der Waals surface area contributed by atoms with Gasteiger partial charge in [0.2, 0.25) is 5.60 Å². The maximum atomic E-state index is 13.2. The predicted molar refractivity (Wildman–Crippen MR) is 118 cm³/mol. The lowest BCUT2D eigenvalue weighted by molar-refractivity contribution is -0.150. The van der Waals surface area contributed by atoms with Gasteiger partial charge in [-0.05, 0) is 36.8 Å². The number of likely N-dealkylation sites (tertiary alicyclic amines) is 1. The zero-order chi connectivity index (χ0) is 24.2. The van der Waals surface area contributed by atoms with Gasteiger partial charge in [0.15, 0.2) is 0 Å². The number of amides is 3. The summed E-state index contributed by atoms with van der Waals surface area (Å²) in [6, 6.07) is 8.87. The van der Waals surface area contributed by atoms with E-state index in [9.17, 15) is 14.4 Å². The Morgan fingerprint density at radius 2 is 1.91 bits per heavy atom. The lowest BCUT2D eigenvalue weighted by Crippen LogP contribution is -2.49. The molecule has 0 bridgehead atoms. The molecule has 1 aliphatic heterocycles. The standard InChI is InChI=1S/C21H22Cl2N4O6/c1-12(18(28)26-31)27-8-7-21(19(27)29,33-20(24)30)14-2-4-15(5-3-14)32-9-6-13-10-16(22)25-17(23)11-13/h2-5,10-12,31H,6-9H2,1H3,(H2,24,30)(H,26,28). The van der Waals surface area contributed by atoms with Gasteiger partial charge in [0, 0.05) is 24.9 Å². The molecule has 176 valence electrons. The van der Waals surface area contributed by atoms with Crippen molar-refractivity contribution in [3.05, 3.63) is 57.8 Å². The van der Waals surface area contributed by atoms with Crippen LogP contribution in [0, 0.1) is 0 Å². The summed E-state index contributed by atoms with van der Waals surface area (Å²) in [5.41, 5.74) is 6.32. The van der Waals surface area contributed by atoms with Gasteiger partial charge in [-0.25, -0.2) is 15.3 Å². The molecular weight excluding hydrogens is 475 g/mol. The van der Waals surface area contributed by atoms with Crippen LogP contribution in [0.25, 0.3) is 0 Å². The summed E-state index contributed by atoms with van der Waals surface area (Å²) < 4.78 is 11.0. The number of nitrogens with one attached hydrogen (secondary N) is 1. The Balaban J connectivity index is 1.73. The van der Waals surface area contributed by atoms with Crippen molar-refractivity contribution >= 4 is 41.1 Å². The van der Waals surface area contributed by atoms with E-state index in [2.05, 4.69) is 4.98 Å².